The third kappa shape index (κ3) is 3.93. The summed E-state index contributed by atoms with van der Waals surface area (Å²) in [5, 5.41) is -1.34. The summed E-state index contributed by atoms with van der Waals surface area (Å²) in [5.41, 5.74) is -0.414. The first-order valence-electron chi connectivity index (χ1n) is 3.41. The Bertz CT molecular complexity index is 394. The highest BCUT2D eigenvalue weighted by molar-refractivity contribution is 6.67. The molecule has 0 radical (unpaired) electrons. The van der Waals surface area contributed by atoms with Gasteiger partial charge in [0, 0.05) is 12.1 Å². The maximum atomic E-state index is 11.8. The van der Waals surface area contributed by atoms with Crippen molar-refractivity contribution in [3.63, 3.8) is 0 Å². The number of ether oxygens (including phenoxy) is 1. The van der Waals surface area contributed by atoms with E-state index in [0.717, 1.165) is 12.1 Å². The summed E-state index contributed by atoms with van der Waals surface area (Å²) in [6.07, 6.45) is -4.86. The Morgan fingerprint density at radius 2 is 2.00 bits per heavy atom. The summed E-state index contributed by atoms with van der Waals surface area (Å²) in [5.74, 6) is -0.647. The third-order valence-corrected chi connectivity index (χ3v) is 1.59. The first-order chi connectivity index (χ1) is 6.78. The number of carbonyl (C=O) groups is 1. The zero-order valence-corrected chi connectivity index (χ0v) is 8.32. The molecule has 0 amide bonds. The van der Waals surface area contributed by atoms with Gasteiger partial charge in [0.25, 0.3) is 5.24 Å². The fourth-order valence-corrected chi connectivity index (χ4v) is 1.06. The average Bonchev–Trinajstić information content (AvgIpc) is 1.99. The zero-order chi connectivity index (χ0) is 11.6. The molecule has 82 valence electrons. The van der Waals surface area contributed by atoms with Gasteiger partial charge in [0.05, 0.1) is 0 Å². The van der Waals surface area contributed by atoms with Crippen molar-refractivity contribution in [3.05, 3.63) is 23.0 Å². The van der Waals surface area contributed by atoms with E-state index in [9.17, 15) is 18.0 Å². The summed E-state index contributed by atoms with van der Waals surface area (Å²) in [6, 6.07) is 1.56. The van der Waals surface area contributed by atoms with Gasteiger partial charge in [-0.3, -0.25) is 4.79 Å². The van der Waals surface area contributed by atoms with Crippen LogP contribution in [-0.4, -0.2) is 16.6 Å². The summed E-state index contributed by atoms with van der Waals surface area (Å²) in [4.78, 5) is 14.0. The quantitative estimate of drug-likeness (QED) is 0.606. The normalized spacial score (nSPS) is 11.3. The number of alkyl halides is 3. The summed E-state index contributed by atoms with van der Waals surface area (Å²) in [7, 11) is 0. The van der Waals surface area contributed by atoms with E-state index in [-0.39, 0.29) is 5.15 Å². The Kier molecular flexibility index (Phi) is 3.41. The maximum Gasteiger partial charge on any atom is 0.573 e. The maximum absolute atomic E-state index is 11.8. The molecular formula is C7H2Cl2F3NO2. The van der Waals surface area contributed by atoms with E-state index in [2.05, 4.69) is 9.72 Å². The van der Waals surface area contributed by atoms with Crippen LogP contribution >= 0.6 is 23.2 Å². The first-order valence-corrected chi connectivity index (χ1v) is 4.17. The van der Waals surface area contributed by atoms with Crippen LogP contribution in [0.4, 0.5) is 13.2 Å². The van der Waals surface area contributed by atoms with Crippen molar-refractivity contribution in [1.29, 1.82) is 0 Å². The topological polar surface area (TPSA) is 39.2 Å². The second kappa shape index (κ2) is 4.24. The van der Waals surface area contributed by atoms with Gasteiger partial charge in [-0.05, 0) is 11.6 Å². The highest BCUT2D eigenvalue weighted by Crippen LogP contribution is 2.25. The molecule has 0 bridgehead atoms. The molecule has 8 heteroatoms. The van der Waals surface area contributed by atoms with Crippen molar-refractivity contribution in [1.82, 2.24) is 4.98 Å². The van der Waals surface area contributed by atoms with Crippen LogP contribution in [0, 0.1) is 0 Å². The van der Waals surface area contributed by atoms with Gasteiger partial charge in [-0.25, -0.2) is 4.98 Å². The Morgan fingerprint density at radius 1 is 1.40 bits per heavy atom. The monoisotopic (exact) mass is 259 g/mol. The molecule has 0 saturated carbocycles. The lowest BCUT2D eigenvalue weighted by atomic mass is 10.3. The number of aromatic nitrogens is 1. The summed E-state index contributed by atoms with van der Waals surface area (Å²) in [6.45, 7) is 0. The first kappa shape index (κ1) is 12.1. The number of rotatable bonds is 2. The van der Waals surface area contributed by atoms with Crippen LogP contribution in [0.1, 0.15) is 10.5 Å². The molecule has 0 fully saturated rings. The Balaban J connectivity index is 3.04. The average molecular weight is 260 g/mol. The van der Waals surface area contributed by atoms with Crippen LogP contribution < -0.4 is 4.74 Å². The van der Waals surface area contributed by atoms with Crippen molar-refractivity contribution in [2.75, 3.05) is 0 Å². The SMILES string of the molecule is O=C(Cl)c1cc(OC(F)(F)F)cc(Cl)n1. The second-order valence-corrected chi connectivity index (χ2v) is 3.06. The molecule has 1 aromatic rings. The molecule has 1 rings (SSSR count). The van der Waals surface area contributed by atoms with Crippen LogP contribution in [0.3, 0.4) is 0 Å². The van der Waals surface area contributed by atoms with E-state index in [1.807, 2.05) is 0 Å². The van der Waals surface area contributed by atoms with Crippen LogP contribution in [0.2, 0.25) is 5.15 Å². The fraction of sp³-hybridized carbons (Fsp3) is 0.143. The fourth-order valence-electron chi connectivity index (χ4n) is 0.767. The zero-order valence-electron chi connectivity index (χ0n) is 6.81. The molecule has 0 aliphatic carbocycles. The molecule has 0 spiro atoms. The lowest BCUT2D eigenvalue weighted by molar-refractivity contribution is -0.274. The summed E-state index contributed by atoms with van der Waals surface area (Å²) < 4.78 is 38.9. The molecule has 0 unspecified atom stereocenters. The van der Waals surface area contributed by atoms with E-state index in [1.165, 1.54) is 0 Å². The predicted molar refractivity (Wildman–Crippen MR) is 46.1 cm³/mol. The van der Waals surface area contributed by atoms with Crippen LogP contribution in [0.25, 0.3) is 0 Å². The lowest BCUT2D eigenvalue weighted by Gasteiger charge is -2.09. The number of hydrogen-bond donors (Lipinski definition) is 0. The lowest BCUT2D eigenvalue weighted by Crippen LogP contribution is -2.17. The van der Waals surface area contributed by atoms with Crippen molar-refractivity contribution in [2.24, 2.45) is 0 Å². The van der Waals surface area contributed by atoms with Crippen molar-refractivity contribution in [3.8, 4) is 5.75 Å². The van der Waals surface area contributed by atoms with E-state index >= 15 is 0 Å². The van der Waals surface area contributed by atoms with Crippen LogP contribution in [0.15, 0.2) is 12.1 Å². The van der Waals surface area contributed by atoms with Crippen molar-refractivity contribution in [2.45, 2.75) is 6.36 Å². The number of halogens is 5. The van der Waals surface area contributed by atoms with Crippen molar-refractivity contribution < 1.29 is 22.7 Å². The minimum atomic E-state index is -4.86. The van der Waals surface area contributed by atoms with E-state index in [0.29, 0.717) is 0 Å². The van der Waals surface area contributed by atoms with Gasteiger partial charge in [-0.2, -0.15) is 0 Å². The third-order valence-electron chi connectivity index (χ3n) is 1.20. The van der Waals surface area contributed by atoms with E-state index in [1.54, 1.807) is 0 Å². The Morgan fingerprint density at radius 3 is 2.47 bits per heavy atom. The predicted octanol–water partition coefficient (Wildman–Crippen LogP) is 3.01. The number of pyridine rings is 1. The number of nitrogens with zero attached hydrogens (tertiary/aromatic N) is 1. The molecule has 0 aliphatic heterocycles. The highest BCUT2D eigenvalue weighted by Gasteiger charge is 2.31. The summed E-state index contributed by atoms with van der Waals surface area (Å²) >= 11 is 10.4. The number of hydrogen-bond acceptors (Lipinski definition) is 3. The van der Waals surface area contributed by atoms with Gasteiger partial charge in [-0.15, -0.1) is 13.2 Å². The van der Waals surface area contributed by atoms with Gasteiger partial charge >= 0.3 is 6.36 Å². The minimum Gasteiger partial charge on any atom is -0.406 e. The smallest absolute Gasteiger partial charge is 0.406 e. The molecule has 1 aromatic heterocycles. The molecule has 0 aliphatic rings. The highest BCUT2D eigenvalue weighted by atomic mass is 35.5. The number of carbonyl (C=O) groups excluding carboxylic acids is 1. The van der Waals surface area contributed by atoms with E-state index in [4.69, 9.17) is 23.2 Å². The largest absolute Gasteiger partial charge is 0.573 e. The molecule has 3 nitrogen and oxygen atoms in total. The molecule has 0 N–H and O–H groups in total. The van der Waals surface area contributed by atoms with Crippen LogP contribution in [0.5, 0.6) is 5.75 Å². The standard InChI is InChI=1S/C7H2Cl2F3NO2/c8-5-2-3(15-7(10,11)12)1-4(13-5)6(9)14/h1-2H. The molecular weight excluding hydrogens is 258 g/mol. The van der Waals surface area contributed by atoms with Crippen molar-refractivity contribution >= 4 is 28.4 Å². The van der Waals surface area contributed by atoms with Gasteiger partial charge in [-0.1, -0.05) is 11.6 Å². The molecule has 15 heavy (non-hydrogen) atoms. The molecule has 0 atom stereocenters. The molecule has 1 heterocycles. The van der Waals surface area contributed by atoms with Gasteiger partial charge in [0.2, 0.25) is 0 Å². The molecule has 0 saturated heterocycles. The van der Waals surface area contributed by atoms with Gasteiger partial charge in [0.1, 0.15) is 16.6 Å². The van der Waals surface area contributed by atoms with Crippen LogP contribution in [-0.2, 0) is 0 Å². The van der Waals surface area contributed by atoms with E-state index < -0.39 is 23.0 Å². The minimum absolute atomic E-state index is 0.319. The van der Waals surface area contributed by atoms with Gasteiger partial charge < -0.3 is 4.74 Å². The Labute approximate surface area is 91.8 Å². The molecule has 0 aromatic carbocycles. The Hall–Kier alpha value is -1.01. The second-order valence-electron chi connectivity index (χ2n) is 2.33. The van der Waals surface area contributed by atoms with Gasteiger partial charge in [0.15, 0.2) is 0 Å².